The summed E-state index contributed by atoms with van der Waals surface area (Å²) in [6, 6.07) is 4.92. The topological polar surface area (TPSA) is 83.8 Å². The number of ether oxygens (including phenoxy) is 1. The van der Waals surface area contributed by atoms with Crippen LogP contribution in [-0.4, -0.2) is 28.8 Å². The van der Waals surface area contributed by atoms with Crippen LogP contribution in [0.3, 0.4) is 0 Å². The summed E-state index contributed by atoms with van der Waals surface area (Å²) >= 11 is 0. The lowest BCUT2D eigenvalue weighted by Crippen LogP contribution is -2.11. The maximum Gasteiger partial charge on any atom is 0.338 e. The van der Waals surface area contributed by atoms with Gasteiger partial charge in [-0.05, 0) is 30.5 Å². The minimum Gasteiger partial charge on any atom is -0.481 e. The number of aryl methyl sites for hydroxylation is 1. The number of carbonyl (C=O) groups is 2. The molecule has 0 aliphatic rings. The normalized spacial score (nSPS) is 10.1. The maximum absolute atomic E-state index is 11.7. The van der Waals surface area contributed by atoms with Crippen molar-refractivity contribution < 1.29 is 24.5 Å². The van der Waals surface area contributed by atoms with E-state index in [1.165, 1.54) is 0 Å². The Bertz CT molecular complexity index is 439. The number of aliphatic hydroxyl groups is 1. The Kier molecular flexibility index (Phi) is 5.32. The molecule has 0 bridgehead atoms. The quantitative estimate of drug-likeness (QED) is 0.747. The van der Waals surface area contributed by atoms with Gasteiger partial charge in [0, 0.05) is 6.42 Å². The summed E-state index contributed by atoms with van der Waals surface area (Å²) in [5.74, 6) is -1.42. The van der Waals surface area contributed by atoms with Crippen molar-refractivity contribution in [1.29, 1.82) is 0 Å². The fourth-order valence-electron chi connectivity index (χ4n) is 1.70. The van der Waals surface area contributed by atoms with Crippen molar-refractivity contribution in [2.45, 2.75) is 26.4 Å². The summed E-state index contributed by atoms with van der Waals surface area (Å²) in [6.45, 7) is 1.64. The first-order valence-corrected chi connectivity index (χ1v) is 5.70. The standard InChI is InChI=1S/C13H16O5/c1-2-18-13(17)10-5-3-4-9(11(10)8-14)6-7-12(15)16/h3-5,14H,2,6-8H2,1H3,(H,15,16). The summed E-state index contributed by atoms with van der Waals surface area (Å²) in [5.41, 5.74) is 1.39. The van der Waals surface area contributed by atoms with E-state index in [-0.39, 0.29) is 26.1 Å². The van der Waals surface area contributed by atoms with Gasteiger partial charge in [-0.2, -0.15) is 0 Å². The molecule has 2 N–H and O–H groups in total. The number of benzene rings is 1. The largest absolute Gasteiger partial charge is 0.481 e. The molecule has 0 radical (unpaired) electrons. The van der Waals surface area contributed by atoms with Crippen LogP contribution < -0.4 is 0 Å². The fraction of sp³-hybridized carbons (Fsp3) is 0.385. The Labute approximate surface area is 105 Å². The second-order valence-electron chi connectivity index (χ2n) is 3.72. The highest BCUT2D eigenvalue weighted by Crippen LogP contribution is 2.18. The first-order chi connectivity index (χ1) is 8.60. The molecule has 18 heavy (non-hydrogen) atoms. The summed E-state index contributed by atoms with van der Waals surface area (Å²) in [7, 11) is 0. The van der Waals surface area contributed by atoms with Crippen molar-refractivity contribution >= 4 is 11.9 Å². The molecular weight excluding hydrogens is 236 g/mol. The van der Waals surface area contributed by atoms with Gasteiger partial charge in [0.1, 0.15) is 0 Å². The van der Waals surface area contributed by atoms with Gasteiger partial charge in [-0.15, -0.1) is 0 Å². The zero-order chi connectivity index (χ0) is 13.5. The van der Waals surface area contributed by atoms with Crippen LogP contribution in [0.25, 0.3) is 0 Å². The number of aliphatic hydroxyl groups excluding tert-OH is 1. The molecule has 1 aromatic rings. The SMILES string of the molecule is CCOC(=O)c1cccc(CCC(=O)O)c1CO. The number of esters is 1. The summed E-state index contributed by atoms with van der Waals surface area (Å²) in [4.78, 5) is 22.2. The van der Waals surface area contributed by atoms with Crippen molar-refractivity contribution in [2.24, 2.45) is 0 Å². The molecule has 0 saturated heterocycles. The second-order valence-corrected chi connectivity index (χ2v) is 3.72. The Morgan fingerprint density at radius 2 is 2.06 bits per heavy atom. The third kappa shape index (κ3) is 3.56. The van der Waals surface area contributed by atoms with E-state index >= 15 is 0 Å². The van der Waals surface area contributed by atoms with E-state index in [1.54, 1.807) is 25.1 Å². The van der Waals surface area contributed by atoms with Gasteiger partial charge < -0.3 is 14.9 Å². The third-order valence-electron chi connectivity index (χ3n) is 2.53. The van der Waals surface area contributed by atoms with Crippen LogP contribution in [0.2, 0.25) is 0 Å². The highest BCUT2D eigenvalue weighted by atomic mass is 16.5. The molecule has 5 nitrogen and oxygen atoms in total. The Balaban J connectivity index is 3.01. The van der Waals surface area contributed by atoms with Crippen LogP contribution in [0.4, 0.5) is 0 Å². The van der Waals surface area contributed by atoms with E-state index in [1.807, 2.05) is 0 Å². The maximum atomic E-state index is 11.7. The minimum atomic E-state index is -0.916. The Morgan fingerprint density at radius 1 is 1.33 bits per heavy atom. The van der Waals surface area contributed by atoms with Crippen LogP contribution in [-0.2, 0) is 22.6 Å². The monoisotopic (exact) mass is 252 g/mol. The second kappa shape index (κ2) is 6.76. The van der Waals surface area contributed by atoms with Crippen molar-refractivity contribution in [3.05, 3.63) is 34.9 Å². The highest BCUT2D eigenvalue weighted by Gasteiger charge is 2.15. The van der Waals surface area contributed by atoms with Gasteiger partial charge in [0.15, 0.2) is 0 Å². The number of carboxylic acid groups (broad SMARTS) is 1. The molecule has 0 spiro atoms. The summed E-state index contributed by atoms with van der Waals surface area (Å²) < 4.78 is 4.88. The molecule has 0 heterocycles. The van der Waals surface area contributed by atoms with Gasteiger partial charge in [-0.25, -0.2) is 4.79 Å². The lowest BCUT2D eigenvalue weighted by Gasteiger charge is -2.11. The van der Waals surface area contributed by atoms with Gasteiger partial charge in [-0.3, -0.25) is 4.79 Å². The van der Waals surface area contributed by atoms with E-state index in [4.69, 9.17) is 9.84 Å². The lowest BCUT2D eigenvalue weighted by molar-refractivity contribution is -0.136. The molecule has 0 unspecified atom stereocenters. The number of hydrogen-bond donors (Lipinski definition) is 2. The van der Waals surface area contributed by atoms with Crippen LogP contribution in [0.1, 0.15) is 34.8 Å². The number of hydrogen-bond acceptors (Lipinski definition) is 4. The fourth-order valence-corrected chi connectivity index (χ4v) is 1.70. The predicted molar refractivity (Wildman–Crippen MR) is 64.3 cm³/mol. The average molecular weight is 252 g/mol. The Morgan fingerprint density at radius 3 is 2.61 bits per heavy atom. The zero-order valence-electron chi connectivity index (χ0n) is 10.2. The number of carbonyl (C=O) groups excluding carboxylic acids is 1. The molecule has 0 aliphatic carbocycles. The molecule has 5 heteroatoms. The van der Waals surface area contributed by atoms with Gasteiger partial charge >= 0.3 is 11.9 Å². The molecule has 0 aliphatic heterocycles. The van der Waals surface area contributed by atoms with Gasteiger partial charge in [0.05, 0.1) is 18.8 Å². The van der Waals surface area contributed by atoms with E-state index < -0.39 is 11.9 Å². The Hall–Kier alpha value is -1.88. The van der Waals surface area contributed by atoms with E-state index in [2.05, 4.69) is 0 Å². The molecular formula is C13H16O5. The van der Waals surface area contributed by atoms with E-state index in [0.717, 1.165) is 0 Å². The summed E-state index contributed by atoms with van der Waals surface area (Å²) in [5, 5.41) is 18.0. The minimum absolute atomic E-state index is 0.0424. The van der Waals surface area contributed by atoms with Crippen LogP contribution in [0.15, 0.2) is 18.2 Å². The van der Waals surface area contributed by atoms with Crippen LogP contribution in [0, 0.1) is 0 Å². The highest BCUT2D eigenvalue weighted by molar-refractivity contribution is 5.91. The lowest BCUT2D eigenvalue weighted by atomic mass is 9.98. The van der Waals surface area contributed by atoms with Crippen LogP contribution >= 0.6 is 0 Å². The number of carboxylic acids is 1. The van der Waals surface area contributed by atoms with E-state index in [9.17, 15) is 14.7 Å². The van der Waals surface area contributed by atoms with Crippen LogP contribution in [0.5, 0.6) is 0 Å². The zero-order valence-corrected chi connectivity index (χ0v) is 10.2. The van der Waals surface area contributed by atoms with Gasteiger partial charge in [-0.1, -0.05) is 12.1 Å². The van der Waals surface area contributed by atoms with Crippen molar-refractivity contribution in [2.75, 3.05) is 6.61 Å². The van der Waals surface area contributed by atoms with Gasteiger partial charge in [0.2, 0.25) is 0 Å². The average Bonchev–Trinajstić information content (AvgIpc) is 2.35. The van der Waals surface area contributed by atoms with Crippen molar-refractivity contribution in [3.8, 4) is 0 Å². The molecule has 0 atom stereocenters. The van der Waals surface area contributed by atoms with Gasteiger partial charge in [0.25, 0.3) is 0 Å². The third-order valence-corrected chi connectivity index (χ3v) is 2.53. The molecule has 0 aromatic heterocycles. The molecule has 98 valence electrons. The molecule has 0 amide bonds. The number of aliphatic carboxylic acids is 1. The van der Waals surface area contributed by atoms with Crippen molar-refractivity contribution in [3.63, 3.8) is 0 Å². The number of rotatable bonds is 6. The first kappa shape index (κ1) is 14.2. The predicted octanol–water partition coefficient (Wildman–Crippen LogP) is 1.37. The van der Waals surface area contributed by atoms with Crippen molar-refractivity contribution in [1.82, 2.24) is 0 Å². The molecule has 1 rings (SSSR count). The smallest absolute Gasteiger partial charge is 0.338 e. The molecule has 0 fully saturated rings. The molecule has 0 saturated carbocycles. The molecule has 1 aromatic carbocycles. The van der Waals surface area contributed by atoms with E-state index in [0.29, 0.717) is 16.7 Å². The first-order valence-electron chi connectivity index (χ1n) is 5.70. The summed E-state index contributed by atoms with van der Waals surface area (Å²) in [6.07, 6.45) is 0.234.